The van der Waals surface area contributed by atoms with Crippen LogP contribution in [-0.4, -0.2) is 27.2 Å². The number of benzene rings is 1. The highest BCUT2D eigenvalue weighted by Crippen LogP contribution is 2.34. The molecule has 0 amide bonds. The van der Waals surface area contributed by atoms with Crippen molar-refractivity contribution >= 4 is 23.8 Å². The molecule has 0 atom stereocenters. The van der Waals surface area contributed by atoms with Gasteiger partial charge in [0.25, 0.3) is 5.56 Å². The van der Waals surface area contributed by atoms with Crippen LogP contribution in [0.2, 0.25) is 0 Å². The second kappa shape index (κ2) is 5.60. The molecule has 1 aromatic heterocycles. The third-order valence-electron chi connectivity index (χ3n) is 3.93. The van der Waals surface area contributed by atoms with E-state index in [1.54, 1.807) is 16.4 Å². The highest BCUT2D eigenvalue weighted by molar-refractivity contribution is 5.71. The van der Waals surface area contributed by atoms with Crippen molar-refractivity contribution in [3.63, 3.8) is 0 Å². The Morgan fingerprint density at radius 3 is 2.38 bits per heavy atom. The average Bonchev–Trinajstić information content (AvgIpc) is 2.66. The van der Waals surface area contributed by atoms with Gasteiger partial charge in [0.2, 0.25) is 5.69 Å². The number of aryl methyl sites for hydroxylation is 1. The predicted octanol–water partition coefficient (Wildman–Crippen LogP) is 3.04. The van der Waals surface area contributed by atoms with Crippen molar-refractivity contribution in [1.82, 2.24) is 9.36 Å². The predicted molar refractivity (Wildman–Crippen MR) is 86.8 cm³/mol. The fraction of sp³-hybridized carbons (Fsp3) is 0.375. The maximum absolute atomic E-state index is 12.2. The zero-order valence-corrected chi connectivity index (χ0v) is 13.3. The van der Waals surface area contributed by atoms with Crippen LogP contribution in [0, 0.1) is 13.8 Å². The molecule has 0 bridgehead atoms. The molecule has 0 spiro atoms. The molecule has 112 valence electrons. The zero-order chi connectivity index (χ0) is 15.7. The lowest BCUT2D eigenvalue weighted by Gasteiger charge is -2.23. The van der Waals surface area contributed by atoms with E-state index >= 15 is 0 Å². The summed E-state index contributed by atoms with van der Waals surface area (Å²) in [6.45, 7) is 10.8. The van der Waals surface area contributed by atoms with Gasteiger partial charge in [-0.25, -0.2) is 4.58 Å². The highest BCUT2D eigenvalue weighted by atomic mass is 16.1. The van der Waals surface area contributed by atoms with Gasteiger partial charge in [-0.15, -0.1) is 5.69 Å². The summed E-state index contributed by atoms with van der Waals surface area (Å²) in [6.07, 6.45) is 0. The molecule has 0 saturated heterocycles. The minimum Gasteiger partial charge on any atom is -0.652 e. The normalized spacial score (nSPS) is 10.7. The van der Waals surface area contributed by atoms with E-state index in [2.05, 4.69) is 19.0 Å². The van der Waals surface area contributed by atoms with Gasteiger partial charge in [0.05, 0.1) is 0 Å². The monoisotopic (exact) mass is 286 g/mol. The summed E-state index contributed by atoms with van der Waals surface area (Å²) < 4.78 is 5.29. The summed E-state index contributed by atoms with van der Waals surface area (Å²) in [7, 11) is 3.60. The van der Waals surface area contributed by atoms with Crippen LogP contribution in [0.4, 0.5) is 17.1 Å². The van der Waals surface area contributed by atoms with Gasteiger partial charge >= 0.3 is 0 Å². The number of rotatable bonds is 4. The molecule has 0 aliphatic heterocycles. The van der Waals surface area contributed by atoms with E-state index < -0.39 is 0 Å². The molecule has 0 N–H and O–H groups in total. The topological polar surface area (TPSA) is 44.0 Å². The van der Waals surface area contributed by atoms with E-state index in [1.807, 2.05) is 43.7 Å². The van der Waals surface area contributed by atoms with Crippen LogP contribution in [0.5, 0.6) is 0 Å². The molecule has 0 radical (unpaired) electrons. The van der Waals surface area contributed by atoms with Gasteiger partial charge < -0.3 is 5.32 Å². The molecule has 0 aliphatic rings. The molecular formula is C16H22N4O. The quantitative estimate of drug-likeness (QED) is 0.629. The lowest BCUT2D eigenvalue weighted by atomic mass is 10.1. The van der Waals surface area contributed by atoms with Crippen LogP contribution < -0.4 is 5.56 Å². The molecular weight excluding hydrogens is 264 g/mol. The first-order valence-corrected chi connectivity index (χ1v) is 6.99. The second-order valence-corrected chi connectivity index (χ2v) is 5.23. The molecule has 0 unspecified atom stereocenters. The number of aromatic nitrogens is 2. The molecule has 5 heteroatoms. The Kier molecular flexibility index (Phi) is 4.02. The molecule has 1 aromatic carbocycles. The summed E-state index contributed by atoms with van der Waals surface area (Å²) in [5, 5.41) is 4.55. The summed E-state index contributed by atoms with van der Waals surface area (Å²) in [5.74, 6) is 0. The van der Waals surface area contributed by atoms with Gasteiger partial charge in [-0.05, 0) is 26.5 Å². The maximum Gasteiger partial charge on any atom is 0.251 e. The summed E-state index contributed by atoms with van der Waals surface area (Å²) >= 11 is 0. The number of hydrogen-bond acceptors (Lipinski definition) is 1. The molecule has 5 nitrogen and oxygen atoms in total. The van der Waals surface area contributed by atoms with Gasteiger partial charge in [0, 0.05) is 31.9 Å². The molecule has 0 fully saturated rings. The van der Waals surface area contributed by atoms with Gasteiger partial charge in [-0.2, -0.15) is 0 Å². The van der Waals surface area contributed by atoms with E-state index in [1.165, 1.54) is 0 Å². The van der Waals surface area contributed by atoms with Crippen molar-refractivity contribution in [2.45, 2.75) is 20.8 Å². The summed E-state index contributed by atoms with van der Waals surface area (Å²) in [5.41, 5.74) is 4.17. The first-order valence-electron chi connectivity index (χ1n) is 6.99. The fourth-order valence-electron chi connectivity index (χ4n) is 2.22. The second-order valence-electron chi connectivity index (χ2n) is 5.23. The minimum absolute atomic E-state index is 0.0779. The van der Waals surface area contributed by atoms with Crippen molar-refractivity contribution in [3.8, 4) is 0 Å². The Morgan fingerprint density at radius 2 is 1.90 bits per heavy atom. The molecule has 1 heterocycles. The largest absolute Gasteiger partial charge is 0.652 e. The van der Waals surface area contributed by atoms with Crippen LogP contribution >= 0.6 is 0 Å². The van der Waals surface area contributed by atoms with Crippen LogP contribution in [0.1, 0.15) is 18.2 Å². The molecule has 0 aliphatic carbocycles. The van der Waals surface area contributed by atoms with Crippen molar-refractivity contribution in [3.05, 3.63) is 45.1 Å². The first-order chi connectivity index (χ1) is 9.86. The standard InChI is InChI=1S/C16H22N4O/c1-7-18(4)13-8-9-14(11(2)10-13)17-15-12(3)19(5)20(6)16(15)21/h8-10H,4,7H2,1-3,5-6H3. The van der Waals surface area contributed by atoms with Gasteiger partial charge in [0.1, 0.15) is 13.3 Å². The third kappa shape index (κ3) is 2.63. The van der Waals surface area contributed by atoms with Gasteiger partial charge in [-0.1, -0.05) is 11.6 Å². The van der Waals surface area contributed by atoms with Crippen LogP contribution in [0.3, 0.4) is 0 Å². The maximum atomic E-state index is 12.2. The third-order valence-corrected chi connectivity index (χ3v) is 3.93. The lowest BCUT2D eigenvalue weighted by Crippen LogP contribution is -2.16. The van der Waals surface area contributed by atoms with Crippen molar-refractivity contribution in [2.24, 2.45) is 14.1 Å². The summed E-state index contributed by atoms with van der Waals surface area (Å²) in [6, 6.07) is 5.95. The van der Waals surface area contributed by atoms with Crippen molar-refractivity contribution in [2.75, 3.05) is 6.54 Å². The Balaban J connectivity index is 2.40. The summed E-state index contributed by atoms with van der Waals surface area (Å²) in [4.78, 5) is 12.2. The van der Waals surface area contributed by atoms with Crippen LogP contribution in [0.25, 0.3) is 5.32 Å². The lowest BCUT2D eigenvalue weighted by molar-refractivity contribution is -0.426. The fourth-order valence-corrected chi connectivity index (χ4v) is 2.22. The molecule has 2 aromatic rings. The highest BCUT2D eigenvalue weighted by Gasteiger charge is 2.07. The number of hydrogen-bond donors (Lipinski definition) is 0. The van der Waals surface area contributed by atoms with Gasteiger partial charge in [-0.3, -0.25) is 14.2 Å². The van der Waals surface area contributed by atoms with Crippen molar-refractivity contribution in [1.29, 1.82) is 0 Å². The molecule has 2 rings (SSSR count). The van der Waals surface area contributed by atoms with Gasteiger partial charge in [0.15, 0.2) is 0 Å². The SMILES string of the molecule is C=[N+](CC)c1ccc([N-]c2c(C)n(C)n(C)c2=O)c(C)c1. The minimum atomic E-state index is -0.0779. The average molecular weight is 286 g/mol. The zero-order valence-electron chi connectivity index (χ0n) is 13.3. The smallest absolute Gasteiger partial charge is 0.251 e. The van der Waals surface area contributed by atoms with E-state index in [0.29, 0.717) is 5.69 Å². The van der Waals surface area contributed by atoms with Crippen LogP contribution in [-0.2, 0) is 14.1 Å². The Bertz CT molecular complexity index is 752. The Morgan fingerprint density at radius 1 is 1.24 bits per heavy atom. The van der Waals surface area contributed by atoms with E-state index in [-0.39, 0.29) is 5.56 Å². The number of nitrogens with zero attached hydrogens (tertiary/aromatic N) is 4. The van der Waals surface area contributed by atoms with Crippen molar-refractivity contribution < 1.29 is 4.58 Å². The molecule has 21 heavy (non-hydrogen) atoms. The Labute approximate surface area is 125 Å². The first kappa shape index (κ1) is 15.1. The van der Waals surface area contributed by atoms with Crippen LogP contribution in [0.15, 0.2) is 23.0 Å². The van der Waals surface area contributed by atoms with E-state index in [9.17, 15) is 4.79 Å². The molecule has 0 saturated carbocycles. The van der Waals surface area contributed by atoms with E-state index in [0.717, 1.165) is 29.2 Å². The Hall–Kier alpha value is -2.30. The van der Waals surface area contributed by atoms with E-state index in [4.69, 9.17) is 0 Å².